The molecule has 1 N–H and O–H groups in total. The third kappa shape index (κ3) is 4.44. The van der Waals surface area contributed by atoms with E-state index in [4.69, 9.17) is 16.3 Å². The predicted octanol–water partition coefficient (Wildman–Crippen LogP) is 2.74. The Morgan fingerprint density at radius 2 is 2.12 bits per heavy atom. The van der Waals surface area contributed by atoms with Crippen LogP contribution in [0.2, 0.25) is 5.02 Å². The minimum absolute atomic E-state index is 0.136. The number of benzene rings is 1. The van der Waals surface area contributed by atoms with Gasteiger partial charge in [0.2, 0.25) is 5.91 Å². The van der Waals surface area contributed by atoms with Crippen LogP contribution in [0.25, 0.3) is 0 Å². The normalized spacial score (nSPS) is 10.5. The molecule has 0 bridgehead atoms. The zero-order valence-corrected chi connectivity index (χ0v) is 16.1. The van der Waals surface area contributed by atoms with Gasteiger partial charge in [0.15, 0.2) is 5.16 Å². The van der Waals surface area contributed by atoms with Crippen LogP contribution in [0.3, 0.4) is 0 Å². The summed E-state index contributed by atoms with van der Waals surface area (Å²) in [5, 5.41) is 3.56. The maximum absolute atomic E-state index is 12.6. The average molecular weight is 396 g/mol. The molecule has 0 saturated heterocycles. The highest BCUT2D eigenvalue weighted by Crippen LogP contribution is 2.23. The molecule has 1 aromatic carbocycles. The number of amides is 1. The van der Waals surface area contributed by atoms with Crippen molar-refractivity contribution in [3.05, 3.63) is 50.9 Å². The second-order valence-electron chi connectivity index (χ2n) is 5.23. The molecule has 1 amide bonds. The second kappa shape index (κ2) is 8.86. The first kappa shape index (κ1) is 20.0. The maximum atomic E-state index is 12.6. The SMILES string of the molecule is CCOC(=O)c1cnc(SC)n(CC(=O)Nc2cccc(Cl)c2C)c1=O. The lowest BCUT2D eigenvalue weighted by atomic mass is 10.2. The van der Waals surface area contributed by atoms with Gasteiger partial charge >= 0.3 is 5.97 Å². The first-order valence-corrected chi connectivity index (χ1v) is 9.35. The largest absolute Gasteiger partial charge is 0.462 e. The molecule has 2 rings (SSSR count). The molecule has 7 nitrogen and oxygen atoms in total. The lowest BCUT2D eigenvalue weighted by Crippen LogP contribution is -2.33. The molecule has 2 aromatic rings. The van der Waals surface area contributed by atoms with E-state index in [0.717, 1.165) is 10.1 Å². The van der Waals surface area contributed by atoms with Crippen molar-refractivity contribution in [3.63, 3.8) is 0 Å². The molecule has 0 radical (unpaired) electrons. The Kier molecular flexibility index (Phi) is 6.82. The number of aromatic nitrogens is 2. The number of rotatable bonds is 6. The molecule has 0 aliphatic rings. The van der Waals surface area contributed by atoms with Gasteiger partial charge in [0.25, 0.3) is 5.56 Å². The Bertz CT molecular complexity index is 898. The van der Waals surface area contributed by atoms with E-state index in [-0.39, 0.29) is 18.7 Å². The molecule has 26 heavy (non-hydrogen) atoms. The van der Waals surface area contributed by atoms with Gasteiger partial charge in [0.1, 0.15) is 12.1 Å². The quantitative estimate of drug-likeness (QED) is 0.459. The Hall–Kier alpha value is -2.32. The molecule has 0 atom stereocenters. The molecule has 0 aliphatic carbocycles. The Balaban J connectivity index is 2.31. The first-order chi connectivity index (χ1) is 12.4. The molecule has 9 heteroatoms. The van der Waals surface area contributed by atoms with E-state index in [2.05, 4.69) is 10.3 Å². The van der Waals surface area contributed by atoms with Gasteiger partial charge in [-0.1, -0.05) is 29.4 Å². The molecular formula is C17H18ClN3O4S. The summed E-state index contributed by atoms with van der Waals surface area (Å²) < 4.78 is 6.00. The van der Waals surface area contributed by atoms with Crippen molar-refractivity contribution >= 4 is 40.9 Å². The van der Waals surface area contributed by atoms with Crippen molar-refractivity contribution in [2.45, 2.75) is 25.5 Å². The van der Waals surface area contributed by atoms with Gasteiger partial charge in [-0.3, -0.25) is 14.2 Å². The number of hydrogen-bond donors (Lipinski definition) is 1. The number of thioether (sulfide) groups is 1. The third-order valence-electron chi connectivity index (χ3n) is 3.53. The van der Waals surface area contributed by atoms with Crippen LogP contribution in [-0.4, -0.2) is 34.3 Å². The topological polar surface area (TPSA) is 90.3 Å². The van der Waals surface area contributed by atoms with Crippen molar-refractivity contribution in [2.24, 2.45) is 0 Å². The third-order valence-corrected chi connectivity index (χ3v) is 4.63. The number of halogens is 1. The van der Waals surface area contributed by atoms with Crippen molar-refractivity contribution < 1.29 is 14.3 Å². The molecule has 1 heterocycles. The van der Waals surface area contributed by atoms with Crippen LogP contribution in [0.4, 0.5) is 5.69 Å². The van der Waals surface area contributed by atoms with Crippen LogP contribution in [0.5, 0.6) is 0 Å². The van der Waals surface area contributed by atoms with Gasteiger partial charge in [-0.05, 0) is 37.8 Å². The van der Waals surface area contributed by atoms with E-state index in [0.29, 0.717) is 15.9 Å². The van der Waals surface area contributed by atoms with E-state index in [1.807, 2.05) is 0 Å². The molecule has 0 aliphatic heterocycles. The number of carbonyl (C=O) groups excluding carboxylic acids is 2. The Morgan fingerprint density at radius 1 is 1.38 bits per heavy atom. The molecule has 0 saturated carbocycles. The monoisotopic (exact) mass is 395 g/mol. The minimum Gasteiger partial charge on any atom is -0.462 e. The number of anilines is 1. The van der Waals surface area contributed by atoms with Crippen molar-refractivity contribution in [3.8, 4) is 0 Å². The van der Waals surface area contributed by atoms with Crippen LogP contribution < -0.4 is 10.9 Å². The molecule has 0 fully saturated rings. The number of hydrogen-bond acceptors (Lipinski definition) is 6. The smallest absolute Gasteiger partial charge is 0.345 e. The summed E-state index contributed by atoms with van der Waals surface area (Å²) in [5.41, 5.74) is 0.436. The number of esters is 1. The van der Waals surface area contributed by atoms with E-state index in [9.17, 15) is 14.4 Å². The Morgan fingerprint density at radius 3 is 2.77 bits per heavy atom. The molecule has 138 valence electrons. The zero-order valence-electron chi connectivity index (χ0n) is 14.5. The van der Waals surface area contributed by atoms with Gasteiger partial charge < -0.3 is 10.1 Å². The summed E-state index contributed by atoms with van der Waals surface area (Å²) in [4.78, 5) is 40.9. The fourth-order valence-electron chi connectivity index (χ4n) is 2.20. The molecule has 1 aromatic heterocycles. The summed E-state index contributed by atoms with van der Waals surface area (Å²) in [7, 11) is 0. The lowest BCUT2D eigenvalue weighted by Gasteiger charge is -2.13. The lowest BCUT2D eigenvalue weighted by molar-refractivity contribution is -0.116. The highest BCUT2D eigenvalue weighted by atomic mass is 35.5. The second-order valence-corrected chi connectivity index (χ2v) is 6.41. The van der Waals surface area contributed by atoms with Crippen LogP contribution in [0.15, 0.2) is 34.3 Å². The predicted molar refractivity (Wildman–Crippen MR) is 101 cm³/mol. The van der Waals surface area contributed by atoms with E-state index < -0.39 is 17.4 Å². The van der Waals surface area contributed by atoms with Crippen molar-refractivity contribution in [1.82, 2.24) is 9.55 Å². The summed E-state index contributed by atoms with van der Waals surface area (Å²) in [6.07, 6.45) is 2.89. The molecular weight excluding hydrogens is 378 g/mol. The average Bonchev–Trinajstić information content (AvgIpc) is 2.60. The van der Waals surface area contributed by atoms with Crippen LogP contribution >= 0.6 is 23.4 Å². The van der Waals surface area contributed by atoms with Crippen LogP contribution in [0, 0.1) is 6.92 Å². The summed E-state index contributed by atoms with van der Waals surface area (Å²) in [6.45, 7) is 3.26. The number of carbonyl (C=O) groups is 2. The van der Waals surface area contributed by atoms with E-state index in [1.165, 1.54) is 18.0 Å². The highest BCUT2D eigenvalue weighted by molar-refractivity contribution is 7.98. The highest BCUT2D eigenvalue weighted by Gasteiger charge is 2.19. The zero-order chi connectivity index (χ0) is 19.3. The van der Waals surface area contributed by atoms with E-state index in [1.54, 1.807) is 38.3 Å². The maximum Gasteiger partial charge on any atom is 0.345 e. The van der Waals surface area contributed by atoms with E-state index >= 15 is 0 Å². The fourth-order valence-corrected chi connectivity index (χ4v) is 2.90. The fraction of sp³-hybridized carbons (Fsp3) is 0.294. The number of nitrogens with zero attached hydrogens (tertiary/aromatic N) is 2. The minimum atomic E-state index is -0.766. The van der Waals surface area contributed by atoms with Gasteiger partial charge in [-0.25, -0.2) is 9.78 Å². The Labute approximate surface area is 159 Å². The van der Waals surface area contributed by atoms with Gasteiger partial charge in [0, 0.05) is 10.7 Å². The molecule has 0 unspecified atom stereocenters. The van der Waals surface area contributed by atoms with Crippen LogP contribution in [-0.2, 0) is 16.1 Å². The van der Waals surface area contributed by atoms with Gasteiger partial charge in [-0.15, -0.1) is 0 Å². The summed E-state index contributed by atoms with van der Waals surface area (Å²) >= 11 is 7.24. The summed E-state index contributed by atoms with van der Waals surface area (Å²) in [6, 6.07) is 5.15. The van der Waals surface area contributed by atoms with Crippen LogP contribution in [0.1, 0.15) is 22.8 Å². The summed E-state index contributed by atoms with van der Waals surface area (Å²) in [5.74, 6) is -1.20. The first-order valence-electron chi connectivity index (χ1n) is 7.75. The standard InChI is InChI=1S/C17H18ClN3O4S/c1-4-25-16(24)11-8-19-17(26-3)21(15(11)23)9-14(22)20-13-7-5-6-12(18)10(13)2/h5-8H,4,9H2,1-3H3,(H,20,22). The number of ether oxygens (including phenoxy) is 1. The van der Waals surface area contributed by atoms with Gasteiger partial charge in [-0.2, -0.15) is 0 Å². The van der Waals surface area contributed by atoms with Gasteiger partial charge in [0.05, 0.1) is 12.8 Å². The number of nitrogens with one attached hydrogen (secondary N) is 1. The van der Waals surface area contributed by atoms with Crippen molar-refractivity contribution in [2.75, 3.05) is 18.2 Å². The van der Waals surface area contributed by atoms with Crippen molar-refractivity contribution in [1.29, 1.82) is 0 Å². The molecule has 0 spiro atoms.